The summed E-state index contributed by atoms with van der Waals surface area (Å²) in [5, 5.41) is 3.37. The zero-order chi connectivity index (χ0) is 22.2. The van der Waals surface area contributed by atoms with Crippen LogP contribution in [0.25, 0.3) is 10.9 Å². The average molecular weight is 420 g/mol. The van der Waals surface area contributed by atoms with Crippen LogP contribution in [-0.4, -0.2) is 36.0 Å². The van der Waals surface area contributed by atoms with Gasteiger partial charge >= 0.3 is 11.9 Å². The van der Waals surface area contributed by atoms with Crippen molar-refractivity contribution in [3.05, 3.63) is 77.0 Å². The zero-order valence-electron chi connectivity index (χ0n) is 17.5. The summed E-state index contributed by atoms with van der Waals surface area (Å²) in [7, 11) is 0. The van der Waals surface area contributed by atoms with E-state index < -0.39 is 11.9 Å². The lowest BCUT2D eigenvalue weighted by atomic mass is 10.0. The van der Waals surface area contributed by atoms with Crippen molar-refractivity contribution in [1.82, 2.24) is 10.3 Å². The van der Waals surface area contributed by atoms with Crippen LogP contribution in [0.2, 0.25) is 0 Å². The number of para-hydroxylation sites is 1. The number of amides is 1. The Morgan fingerprint density at radius 2 is 1.68 bits per heavy atom. The number of hydrogen-bond acceptors (Lipinski definition) is 6. The molecule has 0 saturated heterocycles. The minimum absolute atomic E-state index is 0.173. The molecule has 1 N–H and O–H groups in total. The molecule has 7 heteroatoms. The predicted octanol–water partition coefficient (Wildman–Crippen LogP) is 3.12. The van der Waals surface area contributed by atoms with E-state index in [1.807, 2.05) is 61.5 Å². The molecule has 3 rings (SSSR count). The first kappa shape index (κ1) is 22.0. The maximum atomic E-state index is 12.5. The van der Waals surface area contributed by atoms with E-state index in [1.54, 1.807) is 6.92 Å². The number of hydrogen-bond donors (Lipinski definition) is 1. The number of carbonyl (C=O) groups is 3. The Hall–Kier alpha value is -3.74. The fourth-order valence-corrected chi connectivity index (χ4v) is 3.23. The molecule has 0 spiro atoms. The van der Waals surface area contributed by atoms with Crippen LogP contribution >= 0.6 is 0 Å². The van der Waals surface area contributed by atoms with E-state index in [1.165, 1.54) is 0 Å². The Morgan fingerprint density at radius 1 is 0.968 bits per heavy atom. The smallest absolute Gasteiger partial charge is 0.340 e. The second-order valence-electron chi connectivity index (χ2n) is 6.90. The number of benzene rings is 2. The van der Waals surface area contributed by atoms with Gasteiger partial charge in [-0.15, -0.1) is 0 Å². The molecule has 0 aliphatic heterocycles. The van der Waals surface area contributed by atoms with Crippen molar-refractivity contribution in [3.63, 3.8) is 0 Å². The van der Waals surface area contributed by atoms with Crippen LogP contribution < -0.4 is 5.32 Å². The highest BCUT2D eigenvalue weighted by atomic mass is 16.5. The van der Waals surface area contributed by atoms with Crippen LogP contribution in [0.3, 0.4) is 0 Å². The van der Waals surface area contributed by atoms with Gasteiger partial charge in [0.2, 0.25) is 5.91 Å². The number of pyridine rings is 1. The van der Waals surface area contributed by atoms with Crippen LogP contribution in [0, 0.1) is 6.92 Å². The minimum atomic E-state index is -0.621. The molecule has 3 aromatic rings. The first-order valence-corrected chi connectivity index (χ1v) is 10.0. The Morgan fingerprint density at radius 3 is 2.42 bits per heavy atom. The molecule has 1 aromatic heterocycles. The SMILES string of the molecule is CCOC(=O)c1c(COC(=O)CNC(=O)Cc2ccccc2)nc2ccccc2c1C. The summed E-state index contributed by atoms with van der Waals surface area (Å²) in [6.07, 6.45) is 0.173. The van der Waals surface area contributed by atoms with E-state index >= 15 is 0 Å². The number of carbonyl (C=O) groups excluding carboxylic acids is 3. The Labute approximate surface area is 180 Å². The maximum Gasteiger partial charge on any atom is 0.340 e. The van der Waals surface area contributed by atoms with Gasteiger partial charge < -0.3 is 14.8 Å². The van der Waals surface area contributed by atoms with Crippen molar-refractivity contribution in [3.8, 4) is 0 Å². The van der Waals surface area contributed by atoms with Crippen LogP contribution in [0.4, 0.5) is 0 Å². The highest BCUT2D eigenvalue weighted by molar-refractivity contribution is 5.98. The third-order valence-corrected chi connectivity index (χ3v) is 4.71. The summed E-state index contributed by atoms with van der Waals surface area (Å²) in [6.45, 7) is 3.28. The lowest BCUT2D eigenvalue weighted by Crippen LogP contribution is -2.31. The van der Waals surface area contributed by atoms with E-state index in [4.69, 9.17) is 9.47 Å². The summed E-state index contributed by atoms with van der Waals surface area (Å²) in [6, 6.07) is 16.6. The van der Waals surface area contributed by atoms with Crippen molar-refractivity contribution in [2.45, 2.75) is 26.9 Å². The number of aromatic nitrogens is 1. The fraction of sp³-hybridized carbons (Fsp3) is 0.250. The monoisotopic (exact) mass is 420 g/mol. The molecule has 1 amide bonds. The molecule has 0 aliphatic rings. The molecular formula is C24H24N2O5. The maximum absolute atomic E-state index is 12.5. The largest absolute Gasteiger partial charge is 0.462 e. The van der Waals surface area contributed by atoms with E-state index in [-0.39, 0.29) is 32.1 Å². The molecule has 0 saturated carbocycles. The second kappa shape index (κ2) is 10.3. The van der Waals surface area contributed by atoms with Crippen LogP contribution in [0.15, 0.2) is 54.6 Å². The van der Waals surface area contributed by atoms with Gasteiger partial charge in [-0.05, 0) is 31.0 Å². The minimum Gasteiger partial charge on any atom is -0.462 e. The number of ether oxygens (including phenoxy) is 2. The van der Waals surface area contributed by atoms with E-state index in [0.29, 0.717) is 22.3 Å². The van der Waals surface area contributed by atoms with Crippen molar-refractivity contribution in [2.75, 3.05) is 13.2 Å². The van der Waals surface area contributed by atoms with Gasteiger partial charge in [-0.1, -0.05) is 48.5 Å². The molecular weight excluding hydrogens is 396 g/mol. The number of esters is 2. The third kappa shape index (κ3) is 5.66. The molecule has 7 nitrogen and oxygen atoms in total. The number of fused-ring (bicyclic) bond motifs is 1. The summed E-state index contributed by atoms with van der Waals surface area (Å²) in [5.41, 5.74) is 2.87. The molecule has 1 heterocycles. The second-order valence-corrected chi connectivity index (χ2v) is 6.90. The predicted molar refractivity (Wildman–Crippen MR) is 115 cm³/mol. The lowest BCUT2D eigenvalue weighted by molar-refractivity contribution is -0.145. The molecule has 0 unspecified atom stereocenters. The quantitative estimate of drug-likeness (QED) is 0.563. The highest BCUT2D eigenvalue weighted by Gasteiger charge is 2.21. The number of nitrogens with zero attached hydrogens (tertiary/aromatic N) is 1. The number of rotatable bonds is 8. The van der Waals surface area contributed by atoms with Crippen LogP contribution in [0.5, 0.6) is 0 Å². The molecule has 31 heavy (non-hydrogen) atoms. The molecule has 0 fully saturated rings. The molecule has 0 aliphatic carbocycles. The summed E-state index contributed by atoms with van der Waals surface area (Å²) in [4.78, 5) is 41.2. The molecule has 0 radical (unpaired) electrons. The Kier molecular flexibility index (Phi) is 7.32. The summed E-state index contributed by atoms with van der Waals surface area (Å²) < 4.78 is 10.4. The Bertz CT molecular complexity index is 1100. The lowest BCUT2D eigenvalue weighted by Gasteiger charge is -2.14. The first-order chi connectivity index (χ1) is 15.0. The zero-order valence-corrected chi connectivity index (χ0v) is 17.5. The Balaban J connectivity index is 1.66. The number of nitrogens with one attached hydrogen (secondary N) is 1. The summed E-state index contributed by atoms with van der Waals surface area (Å²) >= 11 is 0. The van der Waals surface area contributed by atoms with Crippen molar-refractivity contribution in [1.29, 1.82) is 0 Å². The van der Waals surface area contributed by atoms with Gasteiger partial charge in [0, 0.05) is 5.39 Å². The first-order valence-electron chi connectivity index (χ1n) is 10.0. The van der Waals surface area contributed by atoms with Gasteiger partial charge in [0.25, 0.3) is 0 Å². The van der Waals surface area contributed by atoms with Crippen molar-refractivity contribution >= 4 is 28.7 Å². The molecule has 2 aromatic carbocycles. The molecule has 0 bridgehead atoms. The van der Waals surface area contributed by atoms with Crippen LogP contribution in [-0.2, 0) is 32.1 Å². The van der Waals surface area contributed by atoms with Gasteiger partial charge in [-0.3, -0.25) is 9.59 Å². The van der Waals surface area contributed by atoms with E-state index in [2.05, 4.69) is 10.3 Å². The average Bonchev–Trinajstić information content (AvgIpc) is 2.77. The fourth-order valence-electron chi connectivity index (χ4n) is 3.23. The normalized spacial score (nSPS) is 10.5. The van der Waals surface area contributed by atoms with E-state index in [0.717, 1.165) is 10.9 Å². The molecule has 160 valence electrons. The van der Waals surface area contributed by atoms with Gasteiger partial charge in [0.1, 0.15) is 13.2 Å². The van der Waals surface area contributed by atoms with Crippen LogP contribution in [0.1, 0.15) is 34.1 Å². The number of aryl methyl sites for hydroxylation is 1. The van der Waals surface area contributed by atoms with Gasteiger partial charge in [-0.25, -0.2) is 9.78 Å². The van der Waals surface area contributed by atoms with Gasteiger partial charge in [0.05, 0.1) is 29.8 Å². The van der Waals surface area contributed by atoms with Gasteiger partial charge in [-0.2, -0.15) is 0 Å². The molecule has 0 atom stereocenters. The highest BCUT2D eigenvalue weighted by Crippen LogP contribution is 2.24. The van der Waals surface area contributed by atoms with Gasteiger partial charge in [0.15, 0.2) is 0 Å². The van der Waals surface area contributed by atoms with Crippen molar-refractivity contribution < 1.29 is 23.9 Å². The topological polar surface area (TPSA) is 94.6 Å². The van der Waals surface area contributed by atoms with Crippen molar-refractivity contribution in [2.24, 2.45) is 0 Å². The third-order valence-electron chi connectivity index (χ3n) is 4.71. The standard InChI is InChI=1S/C24H24N2O5/c1-3-30-24(29)23-16(2)18-11-7-8-12-19(18)26-20(23)15-31-22(28)14-25-21(27)13-17-9-5-4-6-10-17/h4-12H,3,13-15H2,1-2H3,(H,25,27). The summed E-state index contributed by atoms with van der Waals surface area (Å²) in [5.74, 6) is -1.42. The van der Waals surface area contributed by atoms with E-state index in [9.17, 15) is 14.4 Å².